The average Bonchev–Trinajstić information content (AvgIpc) is 2.67. The molecule has 0 aromatic heterocycles. The Hall–Kier alpha value is -0.530. The summed E-state index contributed by atoms with van der Waals surface area (Å²) >= 11 is 0. The largest absolute Gasteiger partial charge is 0.465 e. The zero-order valence-corrected chi connectivity index (χ0v) is 7.30. The van der Waals surface area contributed by atoms with E-state index in [1.807, 2.05) is 0 Å². The van der Waals surface area contributed by atoms with Crippen LogP contribution in [0.4, 0.5) is 0 Å². The number of esters is 1. The molecule has 0 aliphatic heterocycles. The van der Waals surface area contributed by atoms with E-state index in [9.17, 15) is 4.79 Å². The summed E-state index contributed by atoms with van der Waals surface area (Å²) in [6.07, 6.45) is 3.12. The standard InChI is InChI=1S/C9H16O2/c1-3-4-5-11-9(10)8-6-7(8)2/h7-8H,3-6H2,1-2H3/t7-,8-/m0/s1. The van der Waals surface area contributed by atoms with Crippen LogP contribution in [0.15, 0.2) is 0 Å². The molecule has 11 heavy (non-hydrogen) atoms. The van der Waals surface area contributed by atoms with Gasteiger partial charge in [0.25, 0.3) is 0 Å². The van der Waals surface area contributed by atoms with Crippen LogP contribution in [0, 0.1) is 11.8 Å². The molecule has 0 aromatic carbocycles. The van der Waals surface area contributed by atoms with Crippen LogP contribution in [-0.4, -0.2) is 12.6 Å². The molecule has 1 aliphatic carbocycles. The van der Waals surface area contributed by atoms with Crippen LogP contribution >= 0.6 is 0 Å². The Balaban J connectivity index is 2.03. The van der Waals surface area contributed by atoms with Gasteiger partial charge in [0.1, 0.15) is 0 Å². The molecular weight excluding hydrogens is 140 g/mol. The van der Waals surface area contributed by atoms with Gasteiger partial charge in [-0.3, -0.25) is 4.79 Å². The van der Waals surface area contributed by atoms with Crippen molar-refractivity contribution in [3.05, 3.63) is 0 Å². The molecule has 1 rings (SSSR count). The number of hydrogen-bond donors (Lipinski definition) is 0. The smallest absolute Gasteiger partial charge is 0.309 e. The monoisotopic (exact) mass is 156 g/mol. The Labute approximate surface area is 67.9 Å². The first-order valence-corrected chi connectivity index (χ1v) is 4.42. The molecule has 0 aromatic rings. The first kappa shape index (κ1) is 8.57. The third kappa shape index (κ3) is 2.52. The minimum absolute atomic E-state index is 0.0194. The second kappa shape index (κ2) is 3.74. The topological polar surface area (TPSA) is 26.3 Å². The van der Waals surface area contributed by atoms with Crippen LogP contribution in [0.25, 0.3) is 0 Å². The Morgan fingerprint density at radius 1 is 1.64 bits per heavy atom. The van der Waals surface area contributed by atoms with Gasteiger partial charge in [0.15, 0.2) is 0 Å². The third-order valence-corrected chi connectivity index (χ3v) is 2.15. The summed E-state index contributed by atoms with van der Waals surface area (Å²) in [5, 5.41) is 0. The van der Waals surface area contributed by atoms with Gasteiger partial charge in [0, 0.05) is 0 Å². The maximum absolute atomic E-state index is 11.1. The van der Waals surface area contributed by atoms with Gasteiger partial charge in [-0.25, -0.2) is 0 Å². The van der Waals surface area contributed by atoms with Crippen LogP contribution in [0.1, 0.15) is 33.1 Å². The van der Waals surface area contributed by atoms with Gasteiger partial charge in [-0.05, 0) is 18.8 Å². The molecule has 2 heteroatoms. The van der Waals surface area contributed by atoms with Crippen LogP contribution in [0.2, 0.25) is 0 Å². The van der Waals surface area contributed by atoms with Gasteiger partial charge in [0.2, 0.25) is 0 Å². The van der Waals surface area contributed by atoms with Crippen molar-refractivity contribution in [3.8, 4) is 0 Å². The maximum Gasteiger partial charge on any atom is 0.309 e. The average molecular weight is 156 g/mol. The molecule has 1 aliphatic rings. The fraction of sp³-hybridized carbons (Fsp3) is 0.889. The molecule has 0 radical (unpaired) electrons. The minimum Gasteiger partial charge on any atom is -0.465 e. The summed E-state index contributed by atoms with van der Waals surface area (Å²) in [6.45, 7) is 4.79. The molecule has 0 bridgehead atoms. The van der Waals surface area contributed by atoms with E-state index in [1.54, 1.807) is 0 Å². The van der Waals surface area contributed by atoms with Crippen LogP contribution < -0.4 is 0 Å². The van der Waals surface area contributed by atoms with Crippen molar-refractivity contribution in [1.29, 1.82) is 0 Å². The Morgan fingerprint density at radius 2 is 2.27 bits per heavy atom. The molecule has 1 saturated carbocycles. The van der Waals surface area contributed by atoms with Gasteiger partial charge in [-0.15, -0.1) is 0 Å². The molecule has 1 fully saturated rings. The predicted molar refractivity (Wildman–Crippen MR) is 43.1 cm³/mol. The molecule has 0 saturated heterocycles. The first-order valence-electron chi connectivity index (χ1n) is 4.42. The van der Waals surface area contributed by atoms with Crippen molar-refractivity contribution in [3.63, 3.8) is 0 Å². The Kier molecular flexibility index (Phi) is 2.92. The minimum atomic E-state index is 0.0194. The van der Waals surface area contributed by atoms with Crippen molar-refractivity contribution >= 4 is 5.97 Å². The lowest BCUT2D eigenvalue weighted by Crippen LogP contribution is -2.08. The normalized spacial score (nSPS) is 28.2. The molecule has 2 atom stereocenters. The third-order valence-electron chi connectivity index (χ3n) is 2.15. The lowest BCUT2D eigenvalue weighted by molar-refractivity contribution is -0.145. The quantitative estimate of drug-likeness (QED) is 0.459. The molecule has 64 valence electrons. The number of carbonyl (C=O) groups is 1. The summed E-state index contributed by atoms with van der Waals surface area (Å²) in [6, 6.07) is 0. The molecule has 0 N–H and O–H groups in total. The zero-order chi connectivity index (χ0) is 8.27. The molecule has 0 spiro atoms. The first-order chi connectivity index (χ1) is 5.25. The van der Waals surface area contributed by atoms with Crippen LogP contribution in [0.5, 0.6) is 0 Å². The zero-order valence-electron chi connectivity index (χ0n) is 7.30. The predicted octanol–water partition coefficient (Wildman–Crippen LogP) is 1.99. The van der Waals surface area contributed by atoms with E-state index in [0.717, 1.165) is 19.3 Å². The van der Waals surface area contributed by atoms with Crippen LogP contribution in [-0.2, 0) is 9.53 Å². The highest BCUT2D eigenvalue weighted by atomic mass is 16.5. The van der Waals surface area contributed by atoms with Crippen molar-refractivity contribution in [1.82, 2.24) is 0 Å². The van der Waals surface area contributed by atoms with E-state index < -0.39 is 0 Å². The van der Waals surface area contributed by atoms with Gasteiger partial charge in [-0.1, -0.05) is 20.3 Å². The van der Waals surface area contributed by atoms with Crippen molar-refractivity contribution in [2.75, 3.05) is 6.61 Å². The van der Waals surface area contributed by atoms with E-state index in [0.29, 0.717) is 12.5 Å². The van der Waals surface area contributed by atoms with Gasteiger partial charge in [-0.2, -0.15) is 0 Å². The SMILES string of the molecule is CCCCOC(=O)[C@H]1C[C@@H]1C. The number of ether oxygens (including phenoxy) is 1. The van der Waals surface area contributed by atoms with Crippen molar-refractivity contribution in [2.45, 2.75) is 33.1 Å². The van der Waals surface area contributed by atoms with E-state index in [4.69, 9.17) is 4.74 Å². The second-order valence-electron chi connectivity index (χ2n) is 3.34. The van der Waals surface area contributed by atoms with E-state index in [1.165, 1.54) is 0 Å². The highest BCUT2D eigenvalue weighted by Gasteiger charge is 2.40. The van der Waals surface area contributed by atoms with E-state index in [2.05, 4.69) is 13.8 Å². The lowest BCUT2D eigenvalue weighted by atomic mass is 10.3. The van der Waals surface area contributed by atoms with Crippen LogP contribution in [0.3, 0.4) is 0 Å². The van der Waals surface area contributed by atoms with Gasteiger partial charge >= 0.3 is 5.97 Å². The summed E-state index contributed by atoms with van der Waals surface area (Å²) < 4.78 is 5.04. The van der Waals surface area contributed by atoms with Crippen molar-refractivity contribution < 1.29 is 9.53 Å². The van der Waals surface area contributed by atoms with Crippen molar-refractivity contribution in [2.24, 2.45) is 11.8 Å². The molecule has 0 amide bonds. The number of carbonyl (C=O) groups excluding carboxylic acids is 1. The summed E-state index contributed by atoms with van der Waals surface area (Å²) in [5.74, 6) is 0.821. The fourth-order valence-electron chi connectivity index (χ4n) is 1.07. The summed E-state index contributed by atoms with van der Waals surface area (Å²) in [4.78, 5) is 11.1. The number of unbranched alkanes of at least 4 members (excludes halogenated alkanes) is 1. The van der Waals surface area contributed by atoms with E-state index in [-0.39, 0.29) is 11.9 Å². The van der Waals surface area contributed by atoms with E-state index >= 15 is 0 Å². The van der Waals surface area contributed by atoms with Gasteiger partial charge < -0.3 is 4.74 Å². The maximum atomic E-state index is 11.1. The molecular formula is C9H16O2. The van der Waals surface area contributed by atoms with Gasteiger partial charge in [0.05, 0.1) is 12.5 Å². The Bertz CT molecular complexity index is 142. The molecule has 2 nitrogen and oxygen atoms in total. The molecule has 0 heterocycles. The fourth-order valence-corrected chi connectivity index (χ4v) is 1.07. The molecule has 0 unspecified atom stereocenters. The highest BCUT2D eigenvalue weighted by molar-refractivity contribution is 5.75. The Morgan fingerprint density at radius 3 is 2.73 bits per heavy atom. The summed E-state index contributed by atoms with van der Waals surface area (Å²) in [5.41, 5.74) is 0. The summed E-state index contributed by atoms with van der Waals surface area (Å²) in [7, 11) is 0. The highest BCUT2D eigenvalue weighted by Crippen LogP contribution is 2.38. The lowest BCUT2D eigenvalue weighted by Gasteiger charge is -2.01. The number of hydrogen-bond acceptors (Lipinski definition) is 2. The number of rotatable bonds is 4. The second-order valence-corrected chi connectivity index (χ2v) is 3.34.